The van der Waals surface area contributed by atoms with Gasteiger partial charge in [0.25, 0.3) is 0 Å². The Bertz CT molecular complexity index is 531. The highest BCUT2D eigenvalue weighted by molar-refractivity contribution is 5.80. The molecule has 0 aliphatic heterocycles. The lowest BCUT2D eigenvalue weighted by atomic mass is 9.86. The second-order valence-electron chi connectivity index (χ2n) is 6.31. The van der Waals surface area contributed by atoms with Gasteiger partial charge < -0.3 is 9.64 Å². The van der Waals surface area contributed by atoms with Gasteiger partial charge in [0.05, 0.1) is 7.11 Å². The molecule has 0 radical (unpaired) electrons. The molecule has 0 saturated heterocycles. The smallest absolute Gasteiger partial charge is 0.223 e. The predicted molar refractivity (Wildman–Crippen MR) is 90.3 cm³/mol. The Kier molecular flexibility index (Phi) is 6.63. The molecule has 1 fully saturated rings. The van der Waals surface area contributed by atoms with Crippen molar-refractivity contribution in [1.82, 2.24) is 4.90 Å². The summed E-state index contributed by atoms with van der Waals surface area (Å²) in [5.74, 6) is 1.71. The van der Waals surface area contributed by atoms with Crippen LogP contribution in [0.15, 0.2) is 24.3 Å². The summed E-state index contributed by atoms with van der Waals surface area (Å²) >= 11 is 0. The van der Waals surface area contributed by atoms with Crippen molar-refractivity contribution in [3.63, 3.8) is 0 Å². The van der Waals surface area contributed by atoms with Crippen molar-refractivity contribution >= 4 is 11.7 Å². The molecular formula is C19H27NO3. The molecule has 1 aliphatic carbocycles. The summed E-state index contributed by atoms with van der Waals surface area (Å²) in [7, 11) is 1.66. The maximum Gasteiger partial charge on any atom is 0.223 e. The van der Waals surface area contributed by atoms with E-state index in [4.69, 9.17) is 4.74 Å². The molecule has 4 nitrogen and oxygen atoms in total. The van der Waals surface area contributed by atoms with Crippen molar-refractivity contribution < 1.29 is 14.3 Å². The zero-order chi connectivity index (χ0) is 16.7. The van der Waals surface area contributed by atoms with Crippen molar-refractivity contribution in [1.29, 1.82) is 0 Å². The Morgan fingerprint density at radius 2 is 1.96 bits per heavy atom. The number of carbonyl (C=O) groups excluding carboxylic acids is 2. The first kappa shape index (κ1) is 17.5. The van der Waals surface area contributed by atoms with Crippen LogP contribution in [0.5, 0.6) is 5.75 Å². The number of para-hydroxylation sites is 1. The quantitative estimate of drug-likeness (QED) is 0.772. The largest absolute Gasteiger partial charge is 0.496 e. The molecule has 1 aliphatic rings. The number of ketones is 1. The van der Waals surface area contributed by atoms with E-state index in [1.165, 1.54) is 0 Å². The Balaban J connectivity index is 1.99. The third-order valence-corrected chi connectivity index (χ3v) is 4.53. The molecule has 0 heterocycles. The fourth-order valence-electron chi connectivity index (χ4n) is 3.18. The van der Waals surface area contributed by atoms with Crippen LogP contribution >= 0.6 is 0 Å². The third kappa shape index (κ3) is 5.08. The second kappa shape index (κ2) is 8.70. The van der Waals surface area contributed by atoms with E-state index in [1.54, 1.807) is 7.11 Å². The van der Waals surface area contributed by atoms with Gasteiger partial charge in [-0.1, -0.05) is 25.1 Å². The summed E-state index contributed by atoms with van der Waals surface area (Å²) < 4.78 is 5.39. The van der Waals surface area contributed by atoms with E-state index in [2.05, 4.69) is 6.92 Å². The summed E-state index contributed by atoms with van der Waals surface area (Å²) in [4.78, 5) is 25.9. The molecule has 0 unspecified atom stereocenters. The fourth-order valence-corrected chi connectivity index (χ4v) is 3.18. The topological polar surface area (TPSA) is 46.6 Å². The summed E-state index contributed by atoms with van der Waals surface area (Å²) in [6.45, 7) is 3.42. The first-order valence-electron chi connectivity index (χ1n) is 8.55. The van der Waals surface area contributed by atoms with Crippen LogP contribution < -0.4 is 4.74 Å². The highest BCUT2D eigenvalue weighted by Gasteiger charge is 2.24. The van der Waals surface area contributed by atoms with Crippen LogP contribution in [0.2, 0.25) is 0 Å². The average molecular weight is 317 g/mol. The minimum atomic E-state index is 0.192. The zero-order valence-corrected chi connectivity index (χ0v) is 14.2. The molecule has 0 aromatic heterocycles. The lowest BCUT2D eigenvalue weighted by Gasteiger charge is -2.27. The van der Waals surface area contributed by atoms with E-state index >= 15 is 0 Å². The number of amides is 1. The molecule has 2 rings (SSSR count). The fraction of sp³-hybridized carbons (Fsp3) is 0.579. The minimum absolute atomic E-state index is 0.192. The van der Waals surface area contributed by atoms with Crippen LogP contribution in [-0.2, 0) is 16.1 Å². The number of hydrogen-bond donors (Lipinski definition) is 0. The normalized spacial score (nSPS) is 15.5. The summed E-state index contributed by atoms with van der Waals surface area (Å²) in [5, 5.41) is 0. The number of rotatable bonds is 7. The van der Waals surface area contributed by atoms with E-state index in [1.807, 2.05) is 29.2 Å². The third-order valence-electron chi connectivity index (χ3n) is 4.53. The number of hydrogen-bond acceptors (Lipinski definition) is 3. The van der Waals surface area contributed by atoms with Gasteiger partial charge in [-0.2, -0.15) is 0 Å². The van der Waals surface area contributed by atoms with Gasteiger partial charge >= 0.3 is 0 Å². The standard InChI is InChI=1S/C19H27NO3/c1-3-12-20(14-16-6-4-5-7-18(16)23-2)19(22)13-15-8-10-17(21)11-9-15/h4-7,15H,3,8-14H2,1-2H3. The Morgan fingerprint density at radius 1 is 1.26 bits per heavy atom. The van der Waals surface area contributed by atoms with Crippen molar-refractivity contribution in [3.05, 3.63) is 29.8 Å². The van der Waals surface area contributed by atoms with E-state index in [9.17, 15) is 9.59 Å². The van der Waals surface area contributed by atoms with Crippen LogP contribution in [0, 0.1) is 5.92 Å². The van der Waals surface area contributed by atoms with E-state index in [0.29, 0.717) is 37.5 Å². The van der Waals surface area contributed by atoms with Gasteiger partial charge in [-0.05, 0) is 31.2 Å². The van der Waals surface area contributed by atoms with Crippen LogP contribution in [0.25, 0.3) is 0 Å². The number of methoxy groups -OCH3 is 1. The van der Waals surface area contributed by atoms with Gasteiger partial charge in [-0.3, -0.25) is 9.59 Å². The summed E-state index contributed by atoms with van der Waals surface area (Å²) in [6, 6.07) is 7.84. The van der Waals surface area contributed by atoms with Crippen molar-refractivity contribution in [2.75, 3.05) is 13.7 Å². The molecule has 126 valence electrons. The zero-order valence-electron chi connectivity index (χ0n) is 14.2. The number of nitrogens with zero attached hydrogens (tertiary/aromatic N) is 1. The molecule has 0 bridgehead atoms. The van der Waals surface area contributed by atoms with Gasteiger partial charge in [0, 0.05) is 37.9 Å². The summed E-state index contributed by atoms with van der Waals surface area (Å²) in [6.07, 6.45) is 4.49. The minimum Gasteiger partial charge on any atom is -0.496 e. The van der Waals surface area contributed by atoms with E-state index in [0.717, 1.165) is 37.1 Å². The van der Waals surface area contributed by atoms with Crippen molar-refractivity contribution in [2.24, 2.45) is 5.92 Å². The van der Waals surface area contributed by atoms with Crippen molar-refractivity contribution in [2.45, 2.75) is 52.0 Å². The van der Waals surface area contributed by atoms with Crippen molar-refractivity contribution in [3.8, 4) is 5.75 Å². The number of benzene rings is 1. The lowest BCUT2D eigenvalue weighted by molar-refractivity contribution is -0.134. The SMILES string of the molecule is CCCN(Cc1ccccc1OC)C(=O)CC1CCC(=O)CC1. The molecule has 0 atom stereocenters. The monoisotopic (exact) mass is 317 g/mol. The lowest BCUT2D eigenvalue weighted by Crippen LogP contribution is -2.33. The number of carbonyl (C=O) groups is 2. The maximum absolute atomic E-state index is 12.7. The van der Waals surface area contributed by atoms with Gasteiger partial charge in [0.2, 0.25) is 5.91 Å². The second-order valence-corrected chi connectivity index (χ2v) is 6.31. The highest BCUT2D eigenvalue weighted by atomic mass is 16.5. The Hall–Kier alpha value is -1.84. The molecule has 1 aromatic rings. The molecule has 0 spiro atoms. The Morgan fingerprint density at radius 3 is 2.61 bits per heavy atom. The molecule has 23 heavy (non-hydrogen) atoms. The summed E-state index contributed by atoms with van der Waals surface area (Å²) in [5.41, 5.74) is 1.04. The van der Waals surface area contributed by atoms with Crippen LogP contribution in [0.4, 0.5) is 0 Å². The predicted octanol–water partition coefficient (Wildman–Crippen LogP) is 3.58. The molecule has 1 saturated carbocycles. The Labute approximate surface area is 138 Å². The molecule has 1 amide bonds. The number of ether oxygens (including phenoxy) is 1. The molecule has 1 aromatic carbocycles. The van der Waals surface area contributed by atoms with Crippen LogP contribution in [0.3, 0.4) is 0 Å². The van der Waals surface area contributed by atoms with Gasteiger partial charge in [0.15, 0.2) is 0 Å². The van der Waals surface area contributed by atoms with Crippen LogP contribution in [-0.4, -0.2) is 30.2 Å². The first-order chi connectivity index (χ1) is 11.1. The van der Waals surface area contributed by atoms with E-state index in [-0.39, 0.29) is 5.91 Å². The van der Waals surface area contributed by atoms with Gasteiger partial charge in [-0.25, -0.2) is 0 Å². The van der Waals surface area contributed by atoms with Gasteiger partial charge in [-0.15, -0.1) is 0 Å². The van der Waals surface area contributed by atoms with E-state index < -0.39 is 0 Å². The van der Waals surface area contributed by atoms with Crippen LogP contribution in [0.1, 0.15) is 51.0 Å². The molecular weight excluding hydrogens is 290 g/mol. The number of Topliss-reactive ketones (excluding diaryl/α,β-unsaturated/α-hetero) is 1. The molecule has 4 heteroatoms. The van der Waals surface area contributed by atoms with Gasteiger partial charge in [0.1, 0.15) is 11.5 Å². The average Bonchev–Trinajstić information content (AvgIpc) is 2.57. The first-order valence-corrected chi connectivity index (χ1v) is 8.55. The maximum atomic E-state index is 12.7. The molecule has 0 N–H and O–H groups in total. The highest BCUT2D eigenvalue weighted by Crippen LogP contribution is 2.26.